The summed E-state index contributed by atoms with van der Waals surface area (Å²) >= 11 is 3.37. The van der Waals surface area contributed by atoms with E-state index < -0.39 is 0 Å². The molecule has 0 atom stereocenters. The standard InChI is InChI=1S/C11H12BrNO2/c12-4-1-5-13-7-9-2-3-10-11(6-9)15-8-14-10/h2-3,6-7H,1,4-5,8H2. The van der Waals surface area contributed by atoms with Crippen LogP contribution in [0.4, 0.5) is 0 Å². The molecule has 0 aromatic heterocycles. The summed E-state index contributed by atoms with van der Waals surface area (Å²) in [6.45, 7) is 1.17. The molecule has 1 aliphatic heterocycles. The molecule has 3 nitrogen and oxygen atoms in total. The molecule has 0 fully saturated rings. The summed E-state index contributed by atoms with van der Waals surface area (Å²) in [6, 6.07) is 5.83. The lowest BCUT2D eigenvalue weighted by atomic mass is 10.2. The molecule has 1 aliphatic rings. The maximum Gasteiger partial charge on any atom is 0.231 e. The molecule has 0 bridgehead atoms. The second-order valence-electron chi connectivity index (χ2n) is 3.19. The first kappa shape index (κ1) is 10.5. The van der Waals surface area contributed by atoms with Gasteiger partial charge in [0.2, 0.25) is 6.79 Å². The minimum atomic E-state index is 0.319. The van der Waals surface area contributed by atoms with Crippen LogP contribution in [0.15, 0.2) is 23.2 Å². The third-order valence-corrected chi connectivity index (χ3v) is 2.62. The molecule has 1 aromatic rings. The van der Waals surface area contributed by atoms with Crippen LogP contribution < -0.4 is 9.47 Å². The molecule has 0 spiro atoms. The van der Waals surface area contributed by atoms with Crippen molar-refractivity contribution in [1.29, 1.82) is 0 Å². The van der Waals surface area contributed by atoms with E-state index in [9.17, 15) is 0 Å². The summed E-state index contributed by atoms with van der Waals surface area (Å²) in [6.07, 6.45) is 2.92. The summed E-state index contributed by atoms with van der Waals surface area (Å²) in [5, 5.41) is 0.992. The molecule has 2 rings (SSSR count). The van der Waals surface area contributed by atoms with Crippen LogP contribution in [0.5, 0.6) is 11.5 Å². The topological polar surface area (TPSA) is 30.8 Å². The molecule has 80 valence electrons. The Bertz CT molecular complexity index is 366. The Balaban J connectivity index is 2.00. The van der Waals surface area contributed by atoms with E-state index in [1.54, 1.807) is 0 Å². The normalized spacial score (nSPS) is 13.7. The highest BCUT2D eigenvalue weighted by atomic mass is 79.9. The largest absolute Gasteiger partial charge is 0.454 e. The molecule has 1 heterocycles. The smallest absolute Gasteiger partial charge is 0.231 e. The zero-order valence-electron chi connectivity index (χ0n) is 8.28. The molecular formula is C11H12BrNO2. The Morgan fingerprint density at radius 3 is 3.07 bits per heavy atom. The van der Waals surface area contributed by atoms with Gasteiger partial charge in [-0.3, -0.25) is 4.99 Å². The lowest BCUT2D eigenvalue weighted by Gasteiger charge is -1.97. The van der Waals surface area contributed by atoms with Crippen molar-refractivity contribution in [2.75, 3.05) is 18.7 Å². The van der Waals surface area contributed by atoms with Gasteiger partial charge < -0.3 is 9.47 Å². The van der Waals surface area contributed by atoms with Crippen molar-refractivity contribution >= 4 is 22.1 Å². The lowest BCUT2D eigenvalue weighted by molar-refractivity contribution is 0.174. The van der Waals surface area contributed by atoms with Gasteiger partial charge in [0, 0.05) is 18.1 Å². The zero-order valence-corrected chi connectivity index (χ0v) is 9.87. The highest BCUT2D eigenvalue weighted by molar-refractivity contribution is 9.09. The fourth-order valence-electron chi connectivity index (χ4n) is 1.31. The zero-order chi connectivity index (χ0) is 10.5. The van der Waals surface area contributed by atoms with Gasteiger partial charge in [0.25, 0.3) is 0 Å². The molecule has 4 heteroatoms. The average Bonchev–Trinajstić information content (AvgIpc) is 2.71. The first-order chi connectivity index (χ1) is 7.40. The van der Waals surface area contributed by atoms with Crippen LogP contribution in [0.3, 0.4) is 0 Å². The summed E-state index contributed by atoms with van der Waals surface area (Å²) in [7, 11) is 0. The fourth-order valence-corrected chi connectivity index (χ4v) is 1.57. The number of benzene rings is 1. The average molecular weight is 270 g/mol. The van der Waals surface area contributed by atoms with Crippen LogP contribution in [0.1, 0.15) is 12.0 Å². The number of ether oxygens (including phenoxy) is 2. The van der Waals surface area contributed by atoms with Gasteiger partial charge in [-0.25, -0.2) is 0 Å². The first-order valence-corrected chi connectivity index (χ1v) is 5.98. The first-order valence-electron chi connectivity index (χ1n) is 4.85. The molecule has 0 radical (unpaired) electrons. The molecule has 0 aliphatic carbocycles. The van der Waals surface area contributed by atoms with Crippen LogP contribution in [0.25, 0.3) is 0 Å². The predicted octanol–water partition coefficient (Wildman–Crippen LogP) is 2.62. The molecule has 1 aromatic carbocycles. The molecular weight excluding hydrogens is 258 g/mol. The van der Waals surface area contributed by atoms with Crippen molar-refractivity contribution in [1.82, 2.24) is 0 Å². The van der Waals surface area contributed by atoms with E-state index in [1.165, 1.54) is 0 Å². The lowest BCUT2D eigenvalue weighted by Crippen LogP contribution is -1.92. The minimum absolute atomic E-state index is 0.319. The van der Waals surface area contributed by atoms with Crippen LogP contribution in [0.2, 0.25) is 0 Å². The SMILES string of the molecule is BrCCCN=Cc1ccc2c(c1)OCO2. The van der Waals surface area contributed by atoms with Crippen molar-refractivity contribution in [3.05, 3.63) is 23.8 Å². The van der Waals surface area contributed by atoms with E-state index in [0.717, 1.165) is 35.4 Å². The third kappa shape index (κ3) is 2.72. The maximum atomic E-state index is 5.28. The number of nitrogens with zero attached hydrogens (tertiary/aromatic N) is 1. The number of fused-ring (bicyclic) bond motifs is 1. The number of hydrogen-bond acceptors (Lipinski definition) is 3. The predicted molar refractivity (Wildman–Crippen MR) is 63.4 cm³/mol. The van der Waals surface area contributed by atoms with Gasteiger partial charge in [0.05, 0.1) is 0 Å². The van der Waals surface area contributed by atoms with Crippen molar-refractivity contribution in [3.63, 3.8) is 0 Å². The number of hydrogen-bond donors (Lipinski definition) is 0. The molecule has 0 N–H and O–H groups in total. The van der Waals surface area contributed by atoms with Crippen molar-refractivity contribution in [2.45, 2.75) is 6.42 Å². The van der Waals surface area contributed by atoms with Gasteiger partial charge >= 0.3 is 0 Å². The van der Waals surface area contributed by atoms with E-state index in [1.807, 2.05) is 24.4 Å². The Kier molecular flexibility index (Phi) is 3.61. The Labute approximate surface area is 97.2 Å². The van der Waals surface area contributed by atoms with Crippen molar-refractivity contribution < 1.29 is 9.47 Å². The summed E-state index contributed by atoms with van der Waals surface area (Å²) in [5.74, 6) is 1.62. The number of halogens is 1. The number of aliphatic imine (C=N–C) groups is 1. The van der Waals surface area contributed by atoms with Crippen LogP contribution in [-0.4, -0.2) is 24.9 Å². The second kappa shape index (κ2) is 5.16. The summed E-state index contributed by atoms with van der Waals surface area (Å²) < 4.78 is 10.5. The van der Waals surface area contributed by atoms with Crippen LogP contribution in [-0.2, 0) is 0 Å². The number of alkyl halides is 1. The quantitative estimate of drug-likeness (QED) is 0.478. The molecule has 0 saturated heterocycles. The van der Waals surface area contributed by atoms with Gasteiger partial charge in [0.1, 0.15) is 0 Å². The van der Waals surface area contributed by atoms with E-state index in [0.29, 0.717) is 6.79 Å². The van der Waals surface area contributed by atoms with Crippen molar-refractivity contribution in [3.8, 4) is 11.5 Å². The fraction of sp³-hybridized carbons (Fsp3) is 0.364. The third-order valence-electron chi connectivity index (χ3n) is 2.06. The molecule has 0 saturated carbocycles. The van der Waals surface area contributed by atoms with Gasteiger partial charge in [0.15, 0.2) is 11.5 Å². The number of rotatable bonds is 4. The maximum absolute atomic E-state index is 5.28. The van der Waals surface area contributed by atoms with E-state index in [2.05, 4.69) is 20.9 Å². The molecule has 15 heavy (non-hydrogen) atoms. The van der Waals surface area contributed by atoms with Gasteiger partial charge in [-0.15, -0.1) is 0 Å². The highest BCUT2D eigenvalue weighted by Gasteiger charge is 2.12. The summed E-state index contributed by atoms with van der Waals surface area (Å²) in [5.41, 5.74) is 1.05. The Morgan fingerprint density at radius 1 is 1.33 bits per heavy atom. The molecule has 0 unspecified atom stereocenters. The monoisotopic (exact) mass is 269 g/mol. The highest BCUT2D eigenvalue weighted by Crippen LogP contribution is 2.31. The van der Waals surface area contributed by atoms with E-state index in [-0.39, 0.29) is 0 Å². The Hall–Kier alpha value is -1.03. The van der Waals surface area contributed by atoms with E-state index in [4.69, 9.17) is 9.47 Å². The van der Waals surface area contributed by atoms with Crippen LogP contribution in [0, 0.1) is 0 Å². The minimum Gasteiger partial charge on any atom is -0.454 e. The van der Waals surface area contributed by atoms with Crippen molar-refractivity contribution in [2.24, 2.45) is 4.99 Å². The van der Waals surface area contributed by atoms with Gasteiger partial charge in [-0.2, -0.15) is 0 Å². The van der Waals surface area contributed by atoms with Gasteiger partial charge in [-0.05, 0) is 30.2 Å². The molecule has 0 amide bonds. The van der Waals surface area contributed by atoms with Crippen LogP contribution >= 0.6 is 15.9 Å². The van der Waals surface area contributed by atoms with E-state index >= 15 is 0 Å². The summed E-state index contributed by atoms with van der Waals surface area (Å²) in [4.78, 5) is 4.31. The van der Waals surface area contributed by atoms with Gasteiger partial charge in [-0.1, -0.05) is 15.9 Å². The Morgan fingerprint density at radius 2 is 2.20 bits per heavy atom. The second-order valence-corrected chi connectivity index (χ2v) is 3.98.